The third-order valence-electron chi connectivity index (χ3n) is 2.82. The number of amides is 1. The van der Waals surface area contributed by atoms with Crippen LogP contribution in [0, 0.1) is 11.3 Å². The molecule has 0 radical (unpaired) electrons. The number of aryl methyl sites for hydroxylation is 1. The highest BCUT2D eigenvalue weighted by Crippen LogP contribution is 2.09. The van der Waals surface area contributed by atoms with Gasteiger partial charge in [0.05, 0.1) is 11.6 Å². The van der Waals surface area contributed by atoms with Crippen molar-refractivity contribution >= 4 is 11.6 Å². The molecule has 1 N–H and O–H groups in total. The summed E-state index contributed by atoms with van der Waals surface area (Å²) in [5, 5.41) is 11.3. The molecule has 0 spiro atoms. The van der Waals surface area contributed by atoms with E-state index >= 15 is 0 Å². The molecule has 2 rings (SSSR count). The van der Waals surface area contributed by atoms with Crippen molar-refractivity contribution < 1.29 is 4.79 Å². The van der Waals surface area contributed by atoms with E-state index in [-0.39, 0.29) is 6.54 Å². The van der Waals surface area contributed by atoms with Gasteiger partial charge in [0.2, 0.25) is 5.91 Å². The summed E-state index contributed by atoms with van der Waals surface area (Å²) in [5.74, 6) is -0.458. The van der Waals surface area contributed by atoms with E-state index in [4.69, 9.17) is 5.26 Å². The van der Waals surface area contributed by atoms with Crippen LogP contribution in [-0.2, 0) is 18.4 Å². The molecule has 0 unspecified atom stereocenters. The summed E-state index contributed by atoms with van der Waals surface area (Å²) >= 11 is 0. The third-order valence-corrected chi connectivity index (χ3v) is 2.82. The fraction of sp³-hybridized carbons (Fsp3) is 0.143. The molecule has 0 aliphatic heterocycles. The molecule has 0 bridgehead atoms. The summed E-state index contributed by atoms with van der Waals surface area (Å²) in [5.41, 5.74) is -0.591. The minimum absolute atomic E-state index is 0.272. The highest BCUT2D eigenvalue weighted by molar-refractivity contribution is 5.90. The molecule has 1 heterocycles. The van der Waals surface area contributed by atoms with Gasteiger partial charge in [-0.15, -0.1) is 0 Å². The van der Waals surface area contributed by atoms with Gasteiger partial charge < -0.3 is 9.88 Å². The molecule has 0 fully saturated rings. The maximum absolute atomic E-state index is 11.9. The minimum Gasteiger partial charge on any atom is -0.324 e. The number of hydrogen-bond donors (Lipinski definition) is 1. The zero-order valence-electron chi connectivity index (χ0n) is 11.2. The van der Waals surface area contributed by atoms with Gasteiger partial charge in [-0.3, -0.25) is 19.0 Å². The topological polar surface area (TPSA) is 96.9 Å². The first-order valence-corrected chi connectivity index (χ1v) is 6.07. The molecule has 1 aromatic heterocycles. The number of carbonyl (C=O) groups is 1. The summed E-state index contributed by atoms with van der Waals surface area (Å²) in [4.78, 5) is 35.0. The van der Waals surface area contributed by atoms with Crippen LogP contribution in [0.15, 0.2) is 46.2 Å². The summed E-state index contributed by atoms with van der Waals surface area (Å²) in [6.07, 6.45) is 2.78. The Morgan fingerprint density at radius 1 is 1.29 bits per heavy atom. The Morgan fingerprint density at radius 3 is 2.76 bits per heavy atom. The van der Waals surface area contributed by atoms with Crippen molar-refractivity contribution in [3.05, 3.63) is 62.9 Å². The van der Waals surface area contributed by atoms with Crippen molar-refractivity contribution in [3.8, 4) is 6.07 Å². The predicted octanol–water partition coefficient (Wildman–Crippen LogP) is 0.0574. The molecule has 0 saturated carbocycles. The molecule has 7 heteroatoms. The van der Waals surface area contributed by atoms with Crippen molar-refractivity contribution in [3.63, 3.8) is 0 Å². The van der Waals surface area contributed by atoms with Crippen molar-refractivity contribution in [2.24, 2.45) is 7.05 Å². The zero-order chi connectivity index (χ0) is 15.4. The maximum Gasteiger partial charge on any atom is 0.316 e. The van der Waals surface area contributed by atoms with Crippen LogP contribution < -0.4 is 16.4 Å². The van der Waals surface area contributed by atoms with Crippen LogP contribution in [0.1, 0.15) is 5.56 Å². The smallest absolute Gasteiger partial charge is 0.316 e. The molecule has 1 aromatic carbocycles. The van der Waals surface area contributed by atoms with Gasteiger partial charge in [0.25, 0.3) is 0 Å². The molecule has 0 saturated heterocycles. The number of nitriles is 1. The second-order valence-corrected chi connectivity index (χ2v) is 4.39. The second kappa shape index (κ2) is 5.88. The molecule has 2 aromatic rings. The Morgan fingerprint density at radius 2 is 2.05 bits per heavy atom. The van der Waals surface area contributed by atoms with Crippen LogP contribution in [0.2, 0.25) is 0 Å². The number of hydrogen-bond acceptors (Lipinski definition) is 4. The molecule has 21 heavy (non-hydrogen) atoms. The lowest BCUT2D eigenvalue weighted by molar-refractivity contribution is -0.116. The Balaban J connectivity index is 2.16. The van der Waals surface area contributed by atoms with Crippen LogP contribution in [0.25, 0.3) is 0 Å². The number of nitrogens with one attached hydrogen (secondary N) is 1. The first kappa shape index (κ1) is 14.3. The number of anilines is 1. The van der Waals surface area contributed by atoms with Crippen molar-refractivity contribution in [1.29, 1.82) is 5.26 Å². The van der Waals surface area contributed by atoms with Gasteiger partial charge in [-0.1, -0.05) is 6.07 Å². The van der Waals surface area contributed by atoms with E-state index in [0.29, 0.717) is 11.3 Å². The fourth-order valence-corrected chi connectivity index (χ4v) is 1.74. The van der Waals surface area contributed by atoms with Crippen molar-refractivity contribution in [2.75, 3.05) is 5.32 Å². The van der Waals surface area contributed by atoms with Crippen molar-refractivity contribution in [1.82, 2.24) is 9.13 Å². The standard InChI is InChI=1S/C14H12N4O3/c1-17-5-6-18(14(21)13(17)20)9-12(19)16-11-4-2-3-10(7-11)8-15/h2-7H,9H2,1H3,(H,16,19). The zero-order valence-corrected chi connectivity index (χ0v) is 11.2. The van der Waals surface area contributed by atoms with Crippen LogP contribution >= 0.6 is 0 Å². The van der Waals surface area contributed by atoms with E-state index < -0.39 is 17.0 Å². The lowest BCUT2D eigenvalue weighted by Crippen LogP contribution is -2.41. The Labute approximate surface area is 119 Å². The molecule has 106 valence electrons. The van der Waals surface area contributed by atoms with Gasteiger partial charge in [0.15, 0.2) is 0 Å². The first-order valence-electron chi connectivity index (χ1n) is 6.07. The summed E-state index contributed by atoms with van der Waals surface area (Å²) in [7, 11) is 1.46. The van der Waals surface area contributed by atoms with Crippen LogP contribution in [0.5, 0.6) is 0 Å². The summed E-state index contributed by atoms with van der Waals surface area (Å²) < 4.78 is 2.18. The summed E-state index contributed by atoms with van der Waals surface area (Å²) in [6, 6.07) is 8.36. The van der Waals surface area contributed by atoms with Crippen LogP contribution in [-0.4, -0.2) is 15.0 Å². The van der Waals surface area contributed by atoms with E-state index in [2.05, 4.69) is 5.32 Å². The normalized spacial score (nSPS) is 9.90. The molecule has 0 atom stereocenters. The van der Waals surface area contributed by atoms with E-state index in [0.717, 1.165) is 9.13 Å². The Hall–Kier alpha value is -3.14. The highest BCUT2D eigenvalue weighted by Gasteiger charge is 2.08. The van der Waals surface area contributed by atoms with Gasteiger partial charge >= 0.3 is 11.1 Å². The lowest BCUT2D eigenvalue weighted by atomic mass is 10.2. The number of rotatable bonds is 3. The molecule has 0 aliphatic carbocycles. The molecule has 1 amide bonds. The fourth-order valence-electron chi connectivity index (χ4n) is 1.74. The number of aromatic nitrogens is 2. The molecular formula is C14H12N4O3. The van der Waals surface area contributed by atoms with Gasteiger partial charge in [0, 0.05) is 25.1 Å². The van der Waals surface area contributed by atoms with E-state index in [1.807, 2.05) is 6.07 Å². The minimum atomic E-state index is -0.763. The van der Waals surface area contributed by atoms with E-state index in [9.17, 15) is 14.4 Å². The molecule has 0 aliphatic rings. The monoisotopic (exact) mass is 284 g/mol. The average Bonchev–Trinajstić information content (AvgIpc) is 2.48. The molecular weight excluding hydrogens is 272 g/mol. The summed E-state index contributed by atoms with van der Waals surface area (Å²) in [6.45, 7) is -0.272. The number of nitrogens with zero attached hydrogens (tertiary/aromatic N) is 3. The van der Waals surface area contributed by atoms with Gasteiger partial charge in [0.1, 0.15) is 6.54 Å². The van der Waals surface area contributed by atoms with Gasteiger partial charge in [-0.2, -0.15) is 5.26 Å². The molecule has 7 nitrogen and oxygen atoms in total. The number of carbonyl (C=O) groups excluding carboxylic acids is 1. The van der Waals surface area contributed by atoms with Crippen LogP contribution in [0.4, 0.5) is 5.69 Å². The Kier molecular flexibility index (Phi) is 4.00. The SMILES string of the molecule is Cn1ccn(CC(=O)Nc2cccc(C#N)c2)c(=O)c1=O. The quantitative estimate of drug-likeness (QED) is 0.806. The van der Waals surface area contributed by atoms with E-state index in [1.54, 1.807) is 18.2 Å². The van der Waals surface area contributed by atoms with Gasteiger partial charge in [-0.25, -0.2) is 0 Å². The predicted molar refractivity (Wildman–Crippen MR) is 75.7 cm³/mol. The third kappa shape index (κ3) is 3.25. The highest BCUT2D eigenvalue weighted by atomic mass is 16.2. The van der Waals surface area contributed by atoms with E-state index in [1.165, 1.54) is 25.5 Å². The van der Waals surface area contributed by atoms with Crippen LogP contribution in [0.3, 0.4) is 0 Å². The average molecular weight is 284 g/mol. The van der Waals surface area contributed by atoms with Gasteiger partial charge in [-0.05, 0) is 18.2 Å². The van der Waals surface area contributed by atoms with Crippen molar-refractivity contribution in [2.45, 2.75) is 6.54 Å². The maximum atomic E-state index is 11.9. The largest absolute Gasteiger partial charge is 0.324 e. The lowest BCUT2D eigenvalue weighted by Gasteiger charge is -2.07. The first-order chi connectivity index (χ1) is 10.0. The Bertz CT molecular complexity index is 842. The number of benzene rings is 1. The second-order valence-electron chi connectivity index (χ2n) is 4.39.